The molecule has 1 saturated heterocycles. The lowest BCUT2D eigenvalue weighted by atomic mass is 9.96. The molecule has 0 bridgehead atoms. The number of likely N-dealkylation sites (tertiary alicyclic amines) is 1. The van der Waals surface area contributed by atoms with Crippen molar-refractivity contribution in [2.75, 3.05) is 13.1 Å². The second-order valence-corrected chi connectivity index (χ2v) is 6.00. The van der Waals surface area contributed by atoms with E-state index in [-0.39, 0.29) is 6.42 Å². The monoisotopic (exact) mass is 295 g/mol. The number of carboxylic acid groups (broad SMARTS) is 1. The molecule has 2 aromatic carbocycles. The molecule has 1 N–H and O–H groups in total. The molecule has 0 radical (unpaired) electrons. The third-order valence-electron chi connectivity index (χ3n) is 4.51. The first-order valence-corrected chi connectivity index (χ1v) is 7.77. The Bertz CT molecular complexity index is 707. The van der Waals surface area contributed by atoms with Gasteiger partial charge in [-0.05, 0) is 29.2 Å². The molecule has 114 valence electrons. The highest BCUT2D eigenvalue weighted by atomic mass is 16.4. The Kier molecular flexibility index (Phi) is 4.14. The lowest BCUT2D eigenvalue weighted by molar-refractivity contribution is -0.137. The first-order valence-electron chi connectivity index (χ1n) is 7.77. The molecule has 2 aromatic rings. The smallest absolute Gasteiger partial charge is 0.303 e. The maximum atomic E-state index is 10.7. The zero-order chi connectivity index (χ0) is 15.5. The number of aliphatic carboxylic acids is 1. The lowest BCUT2D eigenvalue weighted by Gasteiger charge is -2.21. The number of fused-ring (bicyclic) bond motifs is 1. The number of nitrogens with zero attached hydrogens (tertiary/aromatic N) is 1. The number of hydrogen-bond acceptors (Lipinski definition) is 2. The van der Waals surface area contributed by atoms with E-state index < -0.39 is 5.97 Å². The van der Waals surface area contributed by atoms with E-state index in [1.807, 2.05) is 0 Å². The fourth-order valence-electron chi connectivity index (χ4n) is 3.19. The number of carbonyl (C=O) groups is 1. The van der Waals surface area contributed by atoms with Crippen LogP contribution in [-0.2, 0) is 4.79 Å². The van der Waals surface area contributed by atoms with Gasteiger partial charge in [-0.2, -0.15) is 0 Å². The summed E-state index contributed by atoms with van der Waals surface area (Å²) < 4.78 is 0. The number of rotatable bonds is 5. The minimum absolute atomic E-state index is 0.163. The van der Waals surface area contributed by atoms with Gasteiger partial charge in [0.1, 0.15) is 0 Å². The molecule has 22 heavy (non-hydrogen) atoms. The molecule has 1 aliphatic rings. The fourth-order valence-corrected chi connectivity index (χ4v) is 3.19. The second kappa shape index (κ2) is 6.22. The standard InChI is InChI=1S/C19H21NO2/c1-14(6-9-19(21)22)20-11-10-18(13-20)17-8-7-15-4-2-3-5-16(15)12-17/h2-5,7-8,12,18H,1,6,9-11,13H2,(H,21,22)/t18-/m0/s1. The van der Waals surface area contributed by atoms with Crippen molar-refractivity contribution in [1.82, 2.24) is 4.90 Å². The van der Waals surface area contributed by atoms with E-state index in [9.17, 15) is 4.79 Å². The average molecular weight is 295 g/mol. The third-order valence-corrected chi connectivity index (χ3v) is 4.51. The summed E-state index contributed by atoms with van der Waals surface area (Å²) in [7, 11) is 0. The minimum atomic E-state index is -0.758. The van der Waals surface area contributed by atoms with E-state index in [0.29, 0.717) is 12.3 Å². The topological polar surface area (TPSA) is 40.5 Å². The van der Waals surface area contributed by atoms with Gasteiger partial charge >= 0.3 is 5.97 Å². The van der Waals surface area contributed by atoms with Gasteiger partial charge in [0.2, 0.25) is 0 Å². The summed E-state index contributed by atoms with van der Waals surface area (Å²) in [6.45, 7) is 5.96. The molecule has 0 unspecified atom stereocenters. The molecule has 3 nitrogen and oxygen atoms in total. The lowest BCUT2D eigenvalue weighted by Crippen LogP contribution is -2.19. The maximum Gasteiger partial charge on any atom is 0.303 e. The van der Waals surface area contributed by atoms with Crippen LogP contribution in [0.4, 0.5) is 0 Å². The third kappa shape index (κ3) is 3.14. The van der Waals surface area contributed by atoms with Crippen LogP contribution < -0.4 is 0 Å². The summed E-state index contributed by atoms with van der Waals surface area (Å²) >= 11 is 0. The van der Waals surface area contributed by atoms with Gasteiger partial charge in [-0.1, -0.05) is 49.0 Å². The minimum Gasteiger partial charge on any atom is -0.481 e. The average Bonchev–Trinajstić information content (AvgIpc) is 3.02. The Morgan fingerprint density at radius 1 is 1.18 bits per heavy atom. The number of hydrogen-bond donors (Lipinski definition) is 1. The van der Waals surface area contributed by atoms with Gasteiger partial charge in [-0.3, -0.25) is 4.79 Å². The molecule has 3 heteroatoms. The van der Waals surface area contributed by atoms with Crippen molar-refractivity contribution in [2.45, 2.75) is 25.2 Å². The number of carboxylic acids is 1. The van der Waals surface area contributed by atoms with Crippen LogP contribution in [0.2, 0.25) is 0 Å². The zero-order valence-corrected chi connectivity index (χ0v) is 12.7. The molecular weight excluding hydrogens is 274 g/mol. The molecular formula is C19H21NO2. The van der Waals surface area contributed by atoms with Gasteiger partial charge in [-0.25, -0.2) is 0 Å². The molecule has 0 amide bonds. The Balaban J connectivity index is 1.68. The zero-order valence-electron chi connectivity index (χ0n) is 12.7. The molecule has 1 atom stereocenters. The van der Waals surface area contributed by atoms with Crippen LogP contribution in [0.1, 0.15) is 30.7 Å². The van der Waals surface area contributed by atoms with Crippen LogP contribution >= 0.6 is 0 Å². The predicted octanol–water partition coefficient (Wildman–Crippen LogP) is 4.01. The SMILES string of the molecule is C=C(CCC(=O)O)N1CC[C@H](c2ccc3ccccc3c2)C1. The Labute approximate surface area is 130 Å². The van der Waals surface area contributed by atoms with E-state index in [0.717, 1.165) is 25.2 Å². The van der Waals surface area contributed by atoms with Crippen molar-refractivity contribution < 1.29 is 9.90 Å². The molecule has 0 aliphatic carbocycles. The van der Waals surface area contributed by atoms with Gasteiger partial charge in [0.05, 0.1) is 6.42 Å². The molecule has 0 spiro atoms. The van der Waals surface area contributed by atoms with Crippen LogP contribution in [0, 0.1) is 0 Å². The van der Waals surface area contributed by atoms with Crippen LogP contribution in [0.25, 0.3) is 10.8 Å². The Morgan fingerprint density at radius 3 is 2.73 bits per heavy atom. The van der Waals surface area contributed by atoms with E-state index in [1.54, 1.807) is 0 Å². The Morgan fingerprint density at radius 2 is 1.95 bits per heavy atom. The Hall–Kier alpha value is -2.29. The van der Waals surface area contributed by atoms with Crippen LogP contribution in [-0.4, -0.2) is 29.1 Å². The van der Waals surface area contributed by atoms with E-state index in [1.165, 1.54) is 16.3 Å². The summed E-state index contributed by atoms with van der Waals surface area (Å²) in [6, 6.07) is 15.1. The van der Waals surface area contributed by atoms with Gasteiger partial charge < -0.3 is 10.0 Å². The quantitative estimate of drug-likeness (QED) is 0.906. The van der Waals surface area contributed by atoms with Crippen molar-refractivity contribution in [1.29, 1.82) is 0 Å². The van der Waals surface area contributed by atoms with Crippen molar-refractivity contribution in [3.63, 3.8) is 0 Å². The molecule has 0 saturated carbocycles. The second-order valence-electron chi connectivity index (χ2n) is 6.00. The number of allylic oxidation sites excluding steroid dienone is 1. The first kappa shape index (κ1) is 14.6. The number of benzene rings is 2. The molecule has 1 heterocycles. The highest BCUT2D eigenvalue weighted by molar-refractivity contribution is 5.83. The van der Waals surface area contributed by atoms with Crippen molar-refractivity contribution in [2.24, 2.45) is 0 Å². The van der Waals surface area contributed by atoms with Gasteiger partial charge in [0.15, 0.2) is 0 Å². The highest BCUT2D eigenvalue weighted by Gasteiger charge is 2.24. The molecule has 1 aliphatic heterocycles. The van der Waals surface area contributed by atoms with Crippen LogP contribution in [0.15, 0.2) is 54.7 Å². The molecule has 0 aromatic heterocycles. The first-order chi connectivity index (χ1) is 10.6. The van der Waals surface area contributed by atoms with Gasteiger partial charge in [0.25, 0.3) is 0 Å². The van der Waals surface area contributed by atoms with E-state index in [2.05, 4.69) is 53.9 Å². The van der Waals surface area contributed by atoms with Crippen LogP contribution in [0.5, 0.6) is 0 Å². The normalized spacial score (nSPS) is 17.8. The van der Waals surface area contributed by atoms with Crippen molar-refractivity contribution in [3.8, 4) is 0 Å². The summed E-state index contributed by atoms with van der Waals surface area (Å²) in [5.41, 5.74) is 2.32. The fraction of sp³-hybridized carbons (Fsp3) is 0.316. The summed E-state index contributed by atoms with van der Waals surface area (Å²) in [6.07, 6.45) is 1.81. The van der Waals surface area contributed by atoms with Gasteiger partial charge in [-0.15, -0.1) is 0 Å². The molecule has 1 fully saturated rings. The van der Waals surface area contributed by atoms with E-state index >= 15 is 0 Å². The highest BCUT2D eigenvalue weighted by Crippen LogP contribution is 2.31. The summed E-state index contributed by atoms with van der Waals surface area (Å²) in [4.78, 5) is 12.9. The molecule has 3 rings (SSSR count). The van der Waals surface area contributed by atoms with Crippen LogP contribution in [0.3, 0.4) is 0 Å². The van der Waals surface area contributed by atoms with Crippen molar-refractivity contribution in [3.05, 3.63) is 60.3 Å². The largest absolute Gasteiger partial charge is 0.481 e. The predicted molar refractivity (Wildman–Crippen MR) is 88.9 cm³/mol. The van der Waals surface area contributed by atoms with Gasteiger partial charge in [0, 0.05) is 24.7 Å². The summed E-state index contributed by atoms with van der Waals surface area (Å²) in [5.74, 6) is -0.252. The summed E-state index contributed by atoms with van der Waals surface area (Å²) in [5, 5.41) is 11.3. The van der Waals surface area contributed by atoms with Crippen molar-refractivity contribution >= 4 is 16.7 Å². The maximum absolute atomic E-state index is 10.7. The van der Waals surface area contributed by atoms with E-state index in [4.69, 9.17) is 5.11 Å².